The number of carbonyl (C=O) groups is 2. The highest BCUT2D eigenvalue weighted by atomic mass is 16.5. The highest BCUT2D eigenvalue weighted by molar-refractivity contribution is 5.93. The van der Waals surface area contributed by atoms with Crippen molar-refractivity contribution in [2.45, 2.75) is 93.3 Å². The summed E-state index contributed by atoms with van der Waals surface area (Å²) in [6.45, 7) is 20.2. The summed E-state index contributed by atoms with van der Waals surface area (Å²) in [5.74, 6) is -0.714. The number of carboxylic acids is 1. The fourth-order valence-corrected chi connectivity index (χ4v) is 4.39. The minimum absolute atomic E-state index is 0.105. The molecule has 2 aromatic rings. The number of aliphatic carboxylic acids is 1. The van der Waals surface area contributed by atoms with Crippen molar-refractivity contribution in [3.05, 3.63) is 23.0 Å². The van der Waals surface area contributed by atoms with E-state index >= 15 is 0 Å². The number of anilines is 1. The summed E-state index contributed by atoms with van der Waals surface area (Å²) in [6, 6.07) is 1.67. The molecule has 1 fully saturated rings. The van der Waals surface area contributed by atoms with Crippen molar-refractivity contribution < 1.29 is 19.4 Å². The van der Waals surface area contributed by atoms with Gasteiger partial charge in [0.2, 0.25) is 0 Å². The summed E-state index contributed by atoms with van der Waals surface area (Å²) in [5, 5.41) is 17.8. The second-order valence-electron chi connectivity index (χ2n) is 12.9. The molecule has 0 aliphatic carbocycles. The highest BCUT2D eigenvalue weighted by Crippen LogP contribution is 2.38. The lowest BCUT2D eigenvalue weighted by atomic mass is 9.82. The van der Waals surface area contributed by atoms with Gasteiger partial charge in [-0.1, -0.05) is 34.6 Å². The highest BCUT2D eigenvalue weighted by Gasteiger charge is 2.36. The number of nitrogens with zero attached hydrogens (tertiary/aromatic N) is 4. The van der Waals surface area contributed by atoms with E-state index in [1.54, 1.807) is 17.5 Å². The molecule has 9 heteroatoms. The fraction of sp³-hybridized carbons (Fsp3) is 0.704. The number of aryl methyl sites for hydroxylation is 1. The number of piperidine rings is 1. The van der Waals surface area contributed by atoms with Gasteiger partial charge in [-0.05, 0) is 57.8 Å². The van der Waals surface area contributed by atoms with Crippen LogP contribution in [0.3, 0.4) is 0 Å². The predicted octanol–water partition coefficient (Wildman–Crippen LogP) is 4.77. The van der Waals surface area contributed by atoms with Gasteiger partial charge in [-0.3, -0.25) is 4.79 Å². The Balaban J connectivity index is 2.11. The lowest BCUT2D eigenvalue weighted by Crippen LogP contribution is -2.40. The van der Waals surface area contributed by atoms with E-state index in [0.717, 1.165) is 32.4 Å². The minimum Gasteiger partial charge on any atom is -0.479 e. The Morgan fingerprint density at radius 1 is 1.17 bits per heavy atom. The molecule has 0 saturated carbocycles. The zero-order valence-corrected chi connectivity index (χ0v) is 23.4. The van der Waals surface area contributed by atoms with Crippen molar-refractivity contribution in [3.63, 3.8) is 0 Å². The fourth-order valence-electron chi connectivity index (χ4n) is 4.39. The van der Waals surface area contributed by atoms with Crippen LogP contribution in [0.2, 0.25) is 0 Å². The summed E-state index contributed by atoms with van der Waals surface area (Å²) in [6.07, 6.45) is 1.52. The predicted molar refractivity (Wildman–Crippen MR) is 141 cm³/mol. The van der Waals surface area contributed by atoms with Crippen molar-refractivity contribution in [1.29, 1.82) is 0 Å². The Hall–Kier alpha value is -2.68. The van der Waals surface area contributed by atoms with Gasteiger partial charge in [0.15, 0.2) is 17.4 Å². The van der Waals surface area contributed by atoms with Crippen molar-refractivity contribution in [3.8, 4) is 0 Å². The average Bonchev–Trinajstić information content (AvgIpc) is 3.13. The molecule has 9 nitrogen and oxygen atoms in total. The number of hydrogen-bond donors (Lipinski definition) is 2. The Kier molecular flexibility index (Phi) is 7.75. The van der Waals surface area contributed by atoms with Crippen LogP contribution < -0.4 is 10.2 Å². The molecule has 3 heterocycles. The van der Waals surface area contributed by atoms with Crippen LogP contribution in [0.1, 0.15) is 103 Å². The Bertz CT molecular complexity index is 1110. The summed E-state index contributed by atoms with van der Waals surface area (Å²) < 4.78 is 7.67. The standard InChI is InChI=1S/C27H43N5O4/c1-17-20(21(24(34)35)36-26(5,6)7)23(31-14-11-27(8,9)12-15-31)32-19(29-17)16-18(30-32)22(33)28-13-10-25(2,3)4/h16,21H,10-15H2,1-9H3,(H,28,33)(H,34,35). The molecule has 0 aromatic carbocycles. The number of hydrogen-bond acceptors (Lipinski definition) is 6. The van der Waals surface area contributed by atoms with Crippen LogP contribution in [0, 0.1) is 17.8 Å². The monoisotopic (exact) mass is 501 g/mol. The molecule has 2 aromatic heterocycles. The number of ether oxygens (including phenoxy) is 1. The van der Waals surface area contributed by atoms with E-state index < -0.39 is 17.7 Å². The molecule has 0 spiro atoms. The van der Waals surface area contributed by atoms with Crippen LogP contribution in [0.15, 0.2) is 6.07 Å². The van der Waals surface area contributed by atoms with Crippen LogP contribution in [0.5, 0.6) is 0 Å². The molecular formula is C27H43N5O4. The van der Waals surface area contributed by atoms with Gasteiger partial charge in [0, 0.05) is 31.4 Å². The molecule has 200 valence electrons. The second-order valence-corrected chi connectivity index (χ2v) is 12.9. The zero-order valence-electron chi connectivity index (χ0n) is 23.4. The first kappa shape index (κ1) is 27.9. The summed E-state index contributed by atoms with van der Waals surface area (Å²) in [5.41, 5.74) is 1.42. The Morgan fingerprint density at radius 3 is 2.31 bits per heavy atom. The maximum atomic E-state index is 12.9. The number of carboxylic acid groups (broad SMARTS) is 1. The van der Waals surface area contributed by atoms with Gasteiger partial charge in [0.25, 0.3) is 5.91 Å². The Labute approximate surface area is 214 Å². The van der Waals surface area contributed by atoms with E-state index in [2.05, 4.69) is 54.9 Å². The van der Waals surface area contributed by atoms with Gasteiger partial charge in [-0.15, -0.1) is 0 Å². The quantitative estimate of drug-likeness (QED) is 0.562. The van der Waals surface area contributed by atoms with Crippen LogP contribution in [0.25, 0.3) is 5.65 Å². The molecule has 1 aliphatic rings. The third kappa shape index (κ3) is 6.75. The van der Waals surface area contributed by atoms with E-state index in [1.807, 2.05) is 20.8 Å². The van der Waals surface area contributed by atoms with Crippen molar-refractivity contribution in [1.82, 2.24) is 19.9 Å². The SMILES string of the molecule is Cc1nc2cc(C(=O)NCCC(C)(C)C)nn2c(N2CCC(C)(C)CC2)c1C(OC(C)(C)C)C(=O)O. The van der Waals surface area contributed by atoms with Gasteiger partial charge in [0.1, 0.15) is 5.82 Å². The largest absolute Gasteiger partial charge is 0.479 e. The van der Waals surface area contributed by atoms with Gasteiger partial charge in [-0.25, -0.2) is 9.78 Å². The minimum atomic E-state index is -1.22. The van der Waals surface area contributed by atoms with Gasteiger partial charge in [0.05, 0.1) is 11.2 Å². The molecule has 36 heavy (non-hydrogen) atoms. The molecule has 0 bridgehead atoms. The topological polar surface area (TPSA) is 109 Å². The number of aromatic nitrogens is 3. The first-order chi connectivity index (χ1) is 16.5. The summed E-state index contributed by atoms with van der Waals surface area (Å²) in [4.78, 5) is 32.2. The van der Waals surface area contributed by atoms with Crippen LogP contribution in [0.4, 0.5) is 5.82 Å². The second kappa shape index (κ2) is 10.00. The smallest absolute Gasteiger partial charge is 0.337 e. The maximum Gasteiger partial charge on any atom is 0.337 e. The van der Waals surface area contributed by atoms with E-state index in [9.17, 15) is 14.7 Å². The lowest BCUT2D eigenvalue weighted by Gasteiger charge is -2.39. The molecule has 2 N–H and O–H groups in total. The number of rotatable bonds is 7. The first-order valence-electron chi connectivity index (χ1n) is 12.8. The lowest BCUT2D eigenvalue weighted by molar-refractivity contribution is -0.160. The number of amides is 1. The number of fused-ring (bicyclic) bond motifs is 1. The third-order valence-electron chi connectivity index (χ3n) is 6.57. The van der Waals surface area contributed by atoms with Crippen molar-refractivity contribution in [2.24, 2.45) is 10.8 Å². The molecule has 1 amide bonds. The third-order valence-corrected chi connectivity index (χ3v) is 6.57. The molecule has 1 aliphatic heterocycles. The van der Waals surface area contributed by atoms with Crippen molar-refractivity contribution >= 4 is 23.3 Å². The Morgan fingerprint density at radius 2 is 1.78 bits per heavy atom. The van der Waals surface area contributed by atoms with Crippen LogP contribution in [-0.2, 0) is 9.53 Å². The van der Waals surface area contributed by atoms with Crippen molar-refractivity contribution in [2.75, 3.05) is 24.5 Å². The van der Waals surface area contributed by atoms with E-state index in [0.29, 0.717) is 29.3 Å². The molecule has 1 saturated heterocycles. The molecule has 1 atom stereocenters. The number of carbonyl (C=O) groups excluding carboxylic acids is 1. The van der Waals surface area contributed by atoms with Gasteiger partial charge in [-0.2, -0.15) is 9.61 Å². The van der Waals surface area contributed by atoms with Crippen LogP contribution in [-0.4, -0.2) is 56.8 Å². The molecule has 3 rings (SSSR count). The van der Waals surface area contributed by atoms with Crippen LogP contribution >= 0.6 is 0 Å². The molecule has 1 unspecified atom stereocenters. The number of nitrogens with one attached hydrogen (secondary N) is 1. The summed E-state index contributed by atoms with van der Waals surface area (Å²) in [7, 11) is 0. The molecular weight excluding hydrogens is 458 g/mol. The normalized spacial score (nSPS) is 17.3. The first-order valence-corrected chi connectivity index (χ1v) is 12.8. The van der Waals surface area contributed by atoms with E-state index in [4.69, 9.17) is 4.74 Å². The molecule has 0 radical (unpaired) electrons. The maximum absolute atomic E-state index is 12.9. The summed E-state index contributed by atoms with van der Waals surface area (Å²) >= 11 is 0. The van der Waals surface area contributed by atoms with Gasteiger partial charge < -0.3 is 20.1 Å². The average molecular weight is 502 g/mol. The van der Waals surface area contributed by atoms with Gasteiger partial charge >= 0.3 is 5.97 Å². The van der Waals surface area contributed by atoms with E-state index in [1.165, 1.54) is 0 Å². The zero-order chi connectivity index (χ0) is 27.1. The van der Waals surface area contributed by atoms with E-state index in [-0.39, 0.29) is 22.4 Å².